The summed E-state index contributed by atoms with van der Waals surface area (Å²) in [7, 11) is 0. The number of nitrogens with one attached hydrogen (secondary N) is 2. The molecule has 0 spiro atoms. The first-order valence-corrected chi connectivity index (χ1v) is 8.17. The highest BCUT2D eigenvalue weighted by Crippen LogP contribution is 2.36. The van der Waals surface area contributed by atoms with Gasteiger partial charge in [-0.3, -0.25) is 4.79 Å². The van der Waals surface area contributed by atoms with Crippen molar-refractivity contribution < 1.29 is 4.79 Å². The van der Waals surface area contributed by atoms with E-state index >= 15 is 0 Å². The molecule has 0 aliphatic heterocycles. The summed E-state index contributed by atoms with van der Waals surface area (Å²) in [6.45, 7) is 7.06. The molecule has 3 heteroatoms. The van der Waals surface area contributed by atoms with Gasteiger partial charge < -0.3 is 10.6 Å². The number of hydrogen-bond acceptors (Lipinski definition) is 2. The number of benzene rings is 1. The van der Waals surface area contributed by atoms with E-state index in [1.165, 1.54) is 24.0 Å². The Balaban J connectivity index is 1.62. The Morgan fingerprint density at radius 1 is 1.38 bits per heavy atom. The number of hydrogen-bond donors (Lipinski definition) is 2. The molecule has 2 rings (SSSR count). The van der Waals surface area contributed by atoms with E-state index in [4.69, 9.17) is 0 Å². The highest BCUT2D eigenvalue weighted by atomic mass is 16.1. The molecule has 1 aromatic rings. The first kappa shape index (κ1) is 16.0. The molecular formula is C18H28N2O. The van der Waals surface area contributed by atoms with Gasteiger partial charge in [0.05, 0.1) is 0 Å². The van der Waals surface area contributed by atoms with Gasteiger partial charge in [-0.2, -0.15) is 0 Å². The second-order valence-electron chi connectivity index (χ2n) is 6.36. The summed E-state index contributed by atoms with van der Waals surface area (Å²) in [4.78, 5) is 11.7. The van der Waals surface area contributed by atoms with Crippen LogP contribution in [-0.2, 0) is 4.79 Å². The molecule has 116 valence electrons. The normalized spacial score (nSPS) is 22.4. The summed E-state index contributed by atoms with van der Waals surface area (Å²) >= 11 is 0. The average molecular weight is 288 g/mol. The maximum Gasteiger partial charge on any atom is 0.221 e. The van der Waals surface area contributed by atoms with Crippen molar-refractivity contribution in [2.24, 2.45) is 0 Å². The van der Waals surface area contributed by atoms with E-state index in [-0.39, 0.29) is 11.9 Å². The molecule has 2 N–H and O–H groups in total. The number of amides is 1. The van der Waals surface area contributed by atoms with Crippen molar-refractivity contribution in [3.63, 3.8) is 0 Å². The molecule has 1 saturated carbocycles. The quantitative estimate of drug-likeness (QED) is 0.809. The molecular weight excluding hydrogens is 260 g/mol. The largest absolute Gasteiger partial charge is 0.354 e. The molecule has 1 aliphatic rings. The summed E-state index contributed by atoms with van der Waals surface area (Å²) in [5, 5.41) is 6.50. The fraction of sp³-hybridized carbons (Fsp3) is 0.611. The van der Waals surface area contributed by atoms with Gasteiger partial charge in [-0.1, -0.05) is 36.8 Å². The van der Waals surface area contributed by atoms with Gasteiger partial charge in [-0.15, -0.1) is 0 Å². The minimum atomic E-state index is 0.159. The van der Waals surface area contributed by atoms with E-state index in [0.717, 1.165) is 13.0 Å². The maximum atomic E-state index is 11.7. The fourth-order valence-electron chi connectivity index (χ4n) is 2.82. The number of carbonyl (C=O) groups is 1. The highest BCUT2D eigenvalue weighted by Gasteiger charge is 2.29. The van der Waals surface area contributed by atoms with Crippen LogP contribution >= 0.6 is 0 Å². The molecule has 21 heavy (non-hydrogen) atoms. The lowest BCUT2D eigenvalue weighted by Crippen LogP contribution is -2.42. The van der Waals surface area contributed by atoms with Crippen LogP contribution in [0.3, 0.4) is 0 Å². The van der Waals surface area contributed by atoms with Gasteiger partial charge in [-0.05, 0) is 44.6 Å². The van der Waals surface area contributed by atoms with Crippen molar-refractivity contribution in [3.05, 3.63) is 35.4 Å². The van der Waals surface area contributed by atoms with Crippen molar-refractivity contribution >= 4 is 5.91 Å². The molecule has 1 amide bonds. The lowest BCUT2D eigenvalue weighted by Gasteiger charge is -2.36. The van der Waals surface area contributed by atoms with E-state index in [2.05, 4.69) is 48.7 Å². The third kappa shape index (κ3) is 4.85. The standard InChI is InChI=1S/C18H28N2O/c1-4-14(3)20-18(21)8-9-19-17-11-16(12-17)15-7-5-6-13(2)10-15/h5-7,10,14,16-17,19H,4,8-9,11-12H2,1-3H3,(H,20,21). The maximum absolute atomic E-state index is 11.7. The third-order valence-corrected chi connectivity index (χ3v) is 4.46. The number of carbonyl (C=O) groups excluding carboxylic acids is 1. The van der Waals surface area contributed by atoms with E-state index in [1.54, 1.807) is 0 Å². The molecule has 0 heterocycles. The molecule has 1 aromatic carbocycles. The Hall–Kier alpha value is -1.35. The zero-order valence-electron chi connectivity index (χ0n) is 13.5. The van der Waals surface area contributed by atoms with Crippen LogP contribution in [0.1, 0.15) is 56.6 Å². The highest BCUT2D eigenvalue weighted by molar-refractivity contribution is 5.76. The zero-order chi connectivity index (χ0) is 15.2. The van der Waals surface area contributed by atoms with Crippen molar-refractivity contribution in [3.8, 4) is 0 Å². The van der Waals surface area contributed by atoms with Crippen LogP contribution in [0, 0.1) is 6.92 Å². The molecule has 0 aromatic heterocycles. The minimum Gasteiger partial charge on any atom is -0.354 e. The van der Waals surface area contributed by atoms with Crippen LogP contribution in [0.15, 0.2) is 24.3 Å². The Bertz CT molecular complexity index is 466. The molecule has 0 saturated heterocycles. The van der Waals surface area contributed by atoms with Crippen molar-refractivity contribution in [2.75, 3.05) is 6.54 Å². The monoisotopic (exact) mass is 288 g/mol. The molecule has 1 fully saturated rings. The number of aryl methyl sites for hydroxylation is 1. The van der Waals surface area contributed by atoms with Gasteiger partial charge in [0.2, 0.25) is 5.91 Å². The fourth-order valence-corrected chi connectivity index (χ4v) is 2.82. The van der Waals surface area contributed by atoms with Gasteiger partial charge >= 0.3 is 0 Å². The lowest BCUT2D eigenvalue weighted by atomic mass is 9.75. The van der Waals surface area contributed by atoms with Gasteiger partial charge in [-0.25, -0.2) is 0 Å². The minimum absolute atomic E-state index is 0.159. The van der Waals surface area contributed by atoms with Crippen LogP contribution in [0.25, 0.3) is 0 Å². The van der Waals surface area contributed by atoms with Crippen molar-refractivity contribution in [2.45, 2.75) is 64.5 Å². The molecule has 1 aliphatic carbocycles. The van der Waals surface area contributed by atoms with Crippen molar-refractivity contribution in [1.82, 2.24) is 10.6 Å². The van der Waals surface area contributed by atoms with Gasteiger partial charge in [0.1, 0.15) is 0 Å². The van der Waals surface area contributed by atoms with Gasteiger partial charge in [0, 0.05) is 25.0 Å². The molecule has 0 bridgehead atoms. The Morgan fingerprint density at radius 2 is 2.14 bits per heavy atom. The number of rotatable bonds is 7. The van der Waals surface area contributed by atoms with E-state index < -0.39 is 0 Å². The van der Waals surface area contributed by atoms with E-state index in [0.29, 0.717) is 18.4 Å². The van der Waals surface area contributed by atoms with Crippen LogP contribution in [0.5, 0.6) is 0 Å². The second-order valence-corrected chi connectivity index (χ2v) is 6.36. The zero-order valence-corrected chi connectivity index (χ0v) is 13.5. The van der Waals surface area contributed by atoms with Gasteiger partial charge in [0.15, 0.2) is 0 Å². The Morgan fingerprint density at radius 3 is 2.81 bits per heavy atom. The summed E-state index contributed by atoms with van der Waals surface area (Å²) < 4.78 is 0. The smallest absolute Gasteiger partial charge is 0.221 e. The first-order chi connectivity index (χ1) is 10.1. The van der Waals surface area contributed by atoms with Crippen LogP contribution in [0.2, 0.25) is 0 Å². The van der Waals surface area contributed by atoms with Gasteiger partial charge in [0.25, 0.3) is 0 Å². The lowest BCUT2D eigenvalue weighted by molar-refractivity contribution is -0.121. The molecule has 0 radical (unpaired) electrons. The van der Waals surface area contributed by atoms with Crippen LogP contribution < -0.4 is 10.6 Å². The topological polar surface area (TPSA) is 41.1 Å². The molecule has 3 nitrogen and oxygen atoms in total. The predicted molar refractivity (Wildman–Crippen MR) is 87.5 cm³/mol. The van der Waals surface area contributed by atoms with Crippen molar-refractivity contribution in [1.29, 1.82) is 0 Å². The predicted octanol–water partition coefficient (Wildman–Crippen LogP) is 3.14. The molecule has 1 atom stereocenters. The summed E-state index contributed by atoms with van der Waals surface area (Å²) in [5.41, 5.74) is 2.80. The third-order valence-electron chi connectivity index (χ3n) is 4.46. The Kier molecular flexibility index (Phi) is 5.80. The van der Waals surface area contributed by atoms with Crippen LogP contribution in [-0.4, -0.2) is 24.5 Å². The van der Waals surface area contributed by atoms with E-state index in [1.807, 2.05) is 6.92 Å². The first-order valence-electron chi connectivity index (χ1n) is 8.17. The molecule has 1 unspecified atom stereocenters. The summed E-state index contributed by atoms with van der Waals surface area (Å²) in [6.07, 6.45) is 3.95. The average Bonchev–Trinajstić information content (AvgIpc) is 2.41. The second kappa shape index (κ2) is 7.60. The summed E-state index contributed by atoms with van der Waals surface area (Å²) in [6, 6.07) is 9.67. The summed E-state index contributed by atoms with van der Waals surface area (Å²) in [5.74, 6) is 0.850. The van der Waals surface area contributed by atoms with E-state index in [9.17, 15) is 4.79 Å². The van der Waals surface area contributed by atoms with Crippen LogP contribution in [0.4, 0.5) is 0 Å². The Labute approximate surface area is 128 Å². The SMILES string of the molecule is CCC(C)NC(=O)CCNC1CC(c2cccc(C)c2)C1.